The van der Waals surface area contributed by atoms with E-state index in [1.54, 1.807) is 6.08 Å². The van der Waals surface area contributed by atoms with Gasteiger partial charge in [0.25, 0.3) is 0 Å². The van der Waals surface area contributed by atoms with E-state index in [4.69, 9.17) is 5.73 Å². The highest BCUT2D eigenvalue weighted by atomic mass is 16.1. The third kappa shape index (κ3) is 4.47. The molecule has 0 bridgehead atoms. The van der Waals surface area contributed by atoms with Gasteiger partial charge in [0.2, 0.25) is 0 Å². The molecule has 0 aliphatic heterocycles. The maximum Gasteiger partial charge on any atom is 0.159 e. The van der Waals surface area contributed by atoms with Gasteiger partial charge in [-0.2, -0.15) is 0 Å². The molecule has 1 rings (SSSR count). The SMILES string of the molecule is C/C1=C\CC(C)(C)/C=C/C(=O)[C@H](C)[C@H](N)CC1. The average Bonchev–Trinajstić information content (AvgIpc) is 2.29. The number of hydrogen-bond acceptors (Lipinski definition) is 2. The second-order valence-electron chi connectivity index (χ2n) is 5.97. The first kappa shape index (κ1) is 14.2. The normalized spacial score (nSPS) is 35.6. The smallest absolute Gasteiger partial charge is 0.159 e. The van der Waals surface area contributed by atoms with Crippen molar-refractivity contribution in [3.05, 3.63) is 23.8 Å². The maximum atomic E-state index is 11.9. The Labute approximate surface area is 105 Å². The van der Waals surface area contributed by atoms with Gasteiger partial charge in [-0.15, -0.1) is 0 Å². The van der Waals surface area contributed by atoms with Crippen LogP contribution in [0.15, 0.2) is 23.8 Å². The summed E-state index contributed by atoms with van der Waals surface area (Å²) in [6.07, 6.45) is 8.88. The monoisotopic (exact) mass is 235 g/mol. The summed E-state index contributed by atoms with van der Waals surface area (Å²) in [6, 6.07) is -0.0308. The number of hydrogen-bond donors (Lipinski definition) is 1. The van der Waals surface area contributed by atoms with Crippen molar-refractivity contribution < 1.29 is 4.79 Å². The number of allylic oxidation sites excluding steroid dienone is 4. The van der Waals surface area contributed by atoms with E-state index >= 15 is 0 Å². The fraction of sp³-hybridized carbons (Fsp3) is 0.667. The molecular weight excluding hydrogens is 210 g/mol. The molecule has 0 aromatic carbocycles. The summed E-state index contributed by atoms with van der Waals surface area (Å²) >= 11 is 0. The van der Waals surface area contributed by atoms with E-state index < -0.39 is 0 Å². The Balaban J connectivity index is 2.92. The van der Waals surface area contributed by atoms with Gasteiger partial charge in [0.15, 0.2) is 5.78 Å². The van der Waals surface area contributed by atoms with Gasteiger partial charge in [0.05, 0.1) is 0 Å². The highest BCUT2D eigenvalue weighted by molar-refractivity contribution is 5.92. The molecule has 2 nitrogen and oxygen atoms in total. The van der Waals surface area contributed by atoms with Crippen LogP contribution in [0.5, 0.6) is 0 Å². The van der Waals surface area contributed by atoms with Crippen LogP contribution < -0.4 is 5.73 Å². The average molecular weight is 235 g/mol. The van der Waals surface area contributed by atoms with Crippen molar-refractivity contribution in [3.8, 4) is 0 Å². The van der Waals surface area contributed by atoms with Crippen LogP contribution in [0.3, 0.4) is 0 Å². The number of carbonyl (C=O) groups excluding carboxylic acids is 1. The summed E-state index contributed by atoms with van der Waals surface area (Å²) in [7, 11) is 0. The van der Waals surface area contributed by atoms with Crippen LogP contribution in [0, 0.1) is 11.3 Å². The van der Waals surface area contributed by atoms with E-state index in [1.807, 2.05) is 13.0 Å². The fourth-order valence-electron chi connectivity index (χ4n) is 1.92. The van der Waals surface area contributed by atoms with Gasteiger partial charge in [-0.25, -0.2) is 0 Å². The minimum absolute atomic E-state index is 0.0308. The first-order valence-corrected chi connectivity index (χ1v) is 6.46. The molecule has 0 saturated carbocycles. The lowest BCUT2D eigenvalue weighted by Gasteiger charge is -2.18. The van der Waals surface area contributed by atoms with Crippen molar-refractivity contribution in [1.82, 2.24) is 0 Å². The lowest BCUT2D eigenvalue weighted by molar-refractivity contribution is -0.118. The minimum Gasteiger partial charge on any atom is -0.327 e. The Morgan fingerprint density at radius 3 is 2.71 bits per heavy atom. The summed E-state index contributed by atoms with van der Waals surface area (Å²) in [5, 5.41) is 0. The highest BCUT2D eigenvalue weighted by Crippen LogP contribution is 2.26. The predicted molar refractivity (Wildman–Crippen MR) is 72.7 cm³/mol. The van der Waals surface area contributed by atoms with Gasteiger partial charge in [-0.3, -0.25) is 4.79 Å². The maximum absolute atomic E-state index is 11.9. The predicted octanol–water partition coefficient (Wildman–Crippen LogP) is 3.23. The highest BCUT2D eigenvalue weighted by Gasteiger charge is 2.21. The molecule has 17 heavy (non-hydrogen) atoms. The van der Waals surface area contributed by atoms with Gasteiger partial charge in [-0.05, 0) is 37.7 Å². The van der Waals surface area contributed by atoms with Crippen LogP contribution in [0.4, 0.5) is 0 Å². The van der Waals surface area contributed by atoms with Crippen LogP contribution in [0.2, 0.25) is 0 Å². The Bertz CT molecular complexity index is 339. The summed E-state index contributed by atoms with van der Waals surface area (Å²) in [5.74, 6) is 0.0816. The van der Waals surface area contributed by atoms with Crippen molar-refractivity contribution in [2.24, 2.45) is 17.1 Å². The van der Waals surface area contributed by atoms with E-state index in [1.165, 1.54) is 5.57 Å². The number of nitrogens with two attached hydrogens (primary N) is 1. The quantitative estimate of drug-likeness (QED) is 0.655. The zero-order valence-corrected chi connectivity index (χ0v) is 11.5. The third-order valence-corrected chi connectivity index (χ3v) is 3.64. The van der Waals surface area contributed by atoms with Crippen LogP contribution >= 0.6 is 0 Å². The van der Waals surface area contributed by atoms with Gasteiger partial charge in [0.1, 0.15) is 0 Å². The van der Waals surface area contributed by atoms with Gasteiger partial charge < -0.3 is 5.73 Å². The van der Waals surface area contributed by atoms with Crippen LogP contribution in [0.1, 0.15) is 47.0 Å². The minimum atomic E-state index is -0.0760. The molecule has 0 unspecified atom stereocenters. The van der Waals surface area contributed by atoms with Crippen LogP contribution in [-0.2, 0) is 4.79 Å². The second kappa shape index (κ2) is 5.63. The van der Waals surface area contributed by atoms with E-state index in [0.29, 0.717) is 0 Å². The summed E-state index contributed by atoms with van der Waals surface area (Å²) in [6.45, 7) is 8.39. The Morgan fingerprint density at radius 2 is 2.06 bits per heavy atom. The number of carbonyl (C=O) groups is 1. The molecule has 0 radical (unpaired) electrons. The molecule has 1 aliphatic rings. The summed E-state index contributed by atoms with van der Waals surface area (Å²) in [4.78, 5) is 11.9. The lowest BCUT2D eigenvalue weighted by atomic mass is 9.87. The van der Waals surface area contributed by atoms with Crippen molar-refractivity contribution in [2.75, 3.05) is 0 Å². The Kier molecular flexibility index (Phi) is 4.70. The van der Waals surface area contributed by atoms with Crippen molar-refractivity contribution >= 4 is 5.78 Å². The topological polar surface area (TPSA) is 43.1 Å². The lowest BCUT2D eigenvalue weighted by Crippen LogP contribution is -2.32. The Morgan fingerprint density at radius 1 is 1.41 bits per heavy atom. The molecule has 96 valence electrons. The Hall–Kier alpha value is -0.890. The standard InChI is InChI=1S/C15H25NO/c1-11-5-6-13(16)12(2)14(17)8-10-15(3,4)9-7-11/h7-8,10,12-13H,5-6,9,16H2,1-4H3/b10-8+,11-7+/t12-,13-/m1/s1. The molecule has 0 aromatic rings. The third-order valence-electron chi connectivity index (χ3n) is 3.64. The molecule has 0 saturated heterocycles. The zero-order chi connectivity index (χ0) is 13.1. The number of rotatable bonds is 0. The number of ketones is 1. The molecule has 2 N–H and O–H groups in total. The van der Waals surface area contributed by atoms with Gasteiger partial charge in [0, 0.05) is 12.0 Å². The molecular formula is C15H25NO. The molecule has 0 heterocycles. The molecule has 0 amide bonds. The van der Waals surface area contributed by atoms with E-state index in [9.17, 15) is 4.79 Å². The molecule has 0 aromatic heterocycles. The summed E-state index contributed by atoms with van der Waals surface area (Å²) in [5.41, 5.74) is 7.48. The van der Waals surface area contributed by atoms with Crippen molar-refractivity contribution in [3.63, 3.8) is 0 Å². The van der Waals surface area contributed by atoms with Gasteiger partial charge in [-0.1, -0.05) is 38.5 Å². The van der Waals surface area contributed by atoms with Gasteiger partial charge >= 0.3 is 0 Å². The zero-order valence-electron chi connectivity index (χ0n) is 11.5. The molecule has 1 aliphatic carbocycles. The first-order valence-electron chi connectivity index (χ1n) is 6.46. The largest absolute Gasteiger partial charge is 0.327 e. The molecule has 2 heteroatoms. The van der Waals surface area contributed by atoms with Crippen molar-refractivity contribution in [1.29, 1.82) is 0 Å². The molecule has 0 spiro atoms. The van der Waals surface area contributed by atoms with Crippen LogP contribution in [0.25, 0.3) is 0 Å². The van der Waals surface area contributed by atoms with Crippen molar-refractivity contribution in [2.45, 2.75) is 53.0 Å². The molecule has 2 atom stereocenters. The summed E-state index contributed by atoms with van der Waals surface area (Å²) < 4.78 is 0. The second-order valence-corrected chi connectivity index (χ2v) is 5.97. The van der Waals surface area contributed by atoms with E-state index in [-0.39, 0.29) is 23.2 Å². The molecule has 0 fully saturated rings. The van der Waals surface area contributed by atoms with Crippen LogP contribution in [-0.4, -0.2) is 11.8 Å². The first-order chi connectivity index (χ1) is 7.82. The fourth-order valence-corrected chi connectivity index (χ4v) is 1.92. The van der Waals surface area contributed by atoms with E-state index in [0.717, 1.165) is 19.3 Å². The van der Waals surface area contributed by atoms with E-state index in [2.05, 4.69) is 26.8 Å².